The summed E-state index contributed by atoms with van der Waals surface area (Å²) in [4.78, 5) is 107. The van der Waals surface area contributed by atoms with Crippen LogP contribution in [0.15, 0.2) is 140 Å². The molecule has 10 aliphatic heterocycles. The number of anilines is 5. The standard InChI is InChI=1S/3C21H30N6.2C20H28N6/c1-16-6-4-8-22-21(16)19-7-5-9-27(19)15-18-14-20(24-17(2)23-18)26-12-10-25(3)11-13-26;1-16-6-7-22-19(13-16)20-5-4-8-27(20)15-18-14-21(24-17(2)23-18)26-11-9-25(3)10-12-26;1-16(18-7-4-5-9-22-18)27-10-6-8-20(27)19-15-21(24-17(2)23-19)26-13-11-25(3)12-14-26;2*1-16-22-17(14-20(23-16)25-12-10-24(2)11-13-25)15-26-9-5-7-19(26)18-6-3-4-8-21-18/h4,6,8,14,19H,5,7,9-13,15H2,1-3H3;6-7,13-14,20H,4-5,8-12,15H2,1-3H3;4-5,7,9,15-16,20H,6,8,10-14H2,1-3H3;2*3-4,6,8,14,19H,5,7,9-13,15H2,1-2H3/t;;16?,20-;2*19-/m..110/s1. The van der Waals surface area contributed by atoms with Crippen LogP contribution in [0, 0.1) is 48.5 Å². The number of hydrogen-bond acceptors (Lipinski definition) is 30. The van der Waals surface area contributed by atoms with Crippen molar-refractivity contribution >= 4 is 29.1 Å². The monoisotopic (exact) mass is 1800 g/mol. The van der Waals surface area contributed by atoms with Crippen LogP contribution >= 0.6 is 0 Å². The first kappa shape index (κ1) is 95.9. The third-order valence-corrected chi connectivity index (χ3v) is 28.4. The minimum absolute atomic E-state index is 0.293. The van der Waals surface area contributed by atoms with Crippen molar-refractivity contribution in [3.63, 3.8) is 0 Å². The Labute approximate surface area is 791 Å². The van der Waals surface area contributed by atoms with Crippen molar-refractivity contribution < 1.29 is 0 Å². The van der Waals surface area contributed by atoms with E-state index in [0.717, 1.165) is 289 Å². The second-order valence-corrected chi connectivity index (χ2v) is 38.5. The molecule has 0 N–H and O–H groups in total. The smallest absolute Gasteiger partial charge is 0.132 e. The third-order valence-electron chi connectivity index (χ3n) is 28.4. The molecule has 0 aromatic carbocycles. The van der Waals surface area contributed by atoms with Crippen molar-refractivity contribution in [2.45, 2.75) is 182 Å². The summed E-state index contributed by atoms with van der Waals surface area (Å²) in [7, 11) is 10.9. The lowest BCUT2D eigenvalue weighted by atomic mass is 10.1. The zero-order valence-corrected chi connectivity index (χ0v) is 81.7. The number of nitrogens with zero attached hydrogens (tertiary/aromatic N) is 30. The van der Waals surface area contributed by atoms with Crippen LogP contribution in [0.5, 0.6) is 0 Å². The van der Waals surface area contributed by atoms with Gasteiger partial charge in [0.1, 0.15) is 58.2 Å². The predicted octanol–water partition coefficient (Wildman–Crippen LogP) is 12.5. The first-order valence-electron chi connectivity index (χ1n) is 49.4. The second kappa shape index (κ2) is 46.3. The molecule has 0 aliphatic carbocycles. The largest absolute Gasteiger partial charge is 0.354 e. The van der Waals surface area contributed by atoms with Gasteiger partial charge in [0.05, 0.1) is 87.1 Å². The van der Waals surface area contributed by atoms with E-state index in [2.05, 4.69) is 239 Å². The first-order valence-corrected chi connectivity index (χ1v) is 49.4. The highest BCUT2D eigenvalue weighted by molar-refractivity contribution is 5.46. The fraction of sp³-hybridized carbons (Fsp3) is 0.563. The summed E-state index contributed by atoms with van der Waals surface area (Å²) in [6.45, 7) is 46.8. The predicted molar refractivity (Wildman–Crippen MR) is 530 cm³/mol. The van der Waals surface area contributed by atoms with Gasteiger partial charge in [-0.2, -0.15) is 0 Å². The van der Waals surface area contributed by atoms with E-state index in [1.165, 1.54) is 91.7 Å². The molecular formula is C103H146N30. The van der Waals surface area contributed by atoms with Crippen LogP contribution in [-0.2, 0) is 26.2 Å². The Morgan fingerprint density at radius 1 is 0.271 bits per heavy atom. The minimum atomic E-state index is 0.293. The van der Waals surface area contributed by atoms with Gasteiger partial charge in [-0.05, 0) is 253 Å². The molecule has 20 rings (SSSR count). The normalized spacial score (nSPS) is 22.1. The molecule has 0 saturated carbocycles. The molecule has 133 heavy (non-hydrogen) atoms. The summed E-state index contributed by atoms with van der Waals surface area (Å²) in [6, 6.07) is 40.3. The number of rotatable bonds is 20. The zero-order chi connectivity index (χ0) is 92.3. The van der Waals surface area contributed by atoms with Gasteiger partial charge in [-0.3, -0.25) is 49.4 Å². The average Bonchev–Trinajstić information content (AvgIpc) is 1.67. The Morgan fingerprint density at radius 2 is 0.594 bits per heavy atom. The summed E-state index contributed by atoms with van der Waals surface area (Å²) in [5.41, 5.74) is 14.1. The molecular weight excluding hydrogens is 1660 g/mol. The molecule has 20 heterocycles. The number of likely N-dealkylation sites (N-methyl/N-ethyl adjacent to an activating group) is 5. The first-order chi connectivity index (χ1) is 64.7. The van der Waals surface area contributed by atoms with Crippen molar-refractivity contribution in [1.82, 2.24) is 124 Å². The molecule has 10 aromatic rings. The molecule has 0 bridgehead atoms. The van der Waals surface area contributed by atoms with Crippen LogP contribution in [0.3, 0.4) is 0 Å². The van der Waals surface area contributed by atoms with E-state index in [1.807, 2.05) is 89.9 Å². The van der Waals surface area contributed by atoms with Gasteiger partial charge in [-0.15, -0.1) is 0 Å². The van der Waals surface area contributed by atoms with E-state index < -0.39 is 0 Å². The lowest BCUT2D eigenvalue weighted by Gasteiger charge is -2.34. The van der Waals surface area contributed by atoms with E-state index in [0.29, 0.717) is 36.3 Å². The van der Waals surface area contributed by atoms with Crippen LogP contribution in [-0.4, -0.2) is 323 Å². The van der Waals surface area contributed by atoms with Crippen molar-refractivity contribution in [2.75, 3.05) is 223 Å². The maximum Gasteiger partial charge on any atom is 0.132 e. The molecule has 708 valence electrons. The number of likely N-dealkylation sites (tertiary alicyclic amines) is 5. The molecule has 3 unspecified atom stereocenters. The molecule has 6 atom stereocenters. The van der Waals surface area contributed by atoms with Crippen LogP contribution in [0.4, 0.5) is 29.1 Å². The number of aromatic nitrogens is 15. The van der Waals surface area contributed by atoms with Gasteiger partial charge in [0.2, 0.25) is 0 Å². The van der Waals surface area contributed by atoms with Gasteiger partial charge in [-0.1, -0.05) is 24.3 Å². The molecule has 10 aromatic heterocycles. The molecule has 0 radical (unpaired) electrons. The Bertz CT molecular complexity index is 5160. The second-order valence-electron chi connectivity index (χ2n) is 38.5. The average molecular weight is 1800 g/mol. The van der Waals surface area contributed by atoms with Crippen molar-refractivity contribution in [3.8, 4) is 0 Å². The maximum atomic E-state index is 4.84. The van der Waals surface area contributed by atoms with E-state index in [-0.39, 0.29) is 0 Å². The number of pyridine rings is 5. The Balaban J connectivity index is 0.000000121. The van der Waals surface area contributed by atoms with Crippen molar-refractivity contribution in [2.24, 2.45) is 0 Å². The highest BCUT2D eigenvalue weighted by Gasteiger charge is 2.36. The van der Waals surface area contributed by atoms with Gasteiger partial charge in [0.15, 0.2) is 0 Å². The SMILES string of the molecule is Cc1ccnc(C2CCCN2Cc2cc(N3CCN(C)CC3)nc(C)n2)c1.Cc1nc(CN2CCCC2c2ncccc2C)cc(N2CCN(C)CC2)n1.Cc1nc(CN2CCC[C@@H]2c2ccccn2)cc(N2CCN(C)CC2)n1.Cc1nc(CN2CCC[C@H]2c2ccccn2)cc(N2CCN(C)CC2)n1.Cc1nc([C@H]2CCCN2C(C)c2ccccn2)cc(N2CCN(C)CC2)n1. The van der Waals surface area contributed by atoms with Crippen LogP contribution in [0.2, 0.25) is 0 Å². The van der Waals surface area contributed by atoms with Gasteiger partial charge < -0.3 is 49.0 Å². The Kier molecular flexibility index (Phi) is 33.4. The highest BCUT2D eigenvalue weighted by atomic mass is 15.3. The topological polar surface area (TPSA) is 242 Å². The summed E-state index contributed by atoms with van der Waals surface area (Å²) in [5, 5.41) is 0. The summed E-state index contributed by atoms with van der Waals surface area (Å²) in [5.74, 6) is 9.74. The lowest BCUT2D eigenvalue weighted by Crippen LogP contribution is -2.45. The van der Waals surface area contributed by atoms with Gasteiger partial charge in [0, 0.05) is 224 Å². The number of aryl methyl sites for hydroxylation is 7. The summed E-state index contributed by atoms with van der Waals surface area (Å²) in [6.07, 6.45) is 21.4. The van der Waals surface area contributed by atoms with Gasteiger partial charge in [-0.25, -0.2) is 49.8 Å². The molecule has 30 nitrogen and oxygen atoms in total. The number of hydrogen-bond donors (Lipinski definition) is 0. The molecule has 0 spiro atoms. The van der Waals surface area contributed by atoms with Gasteiger partial charge >= 0.3 is 0 Å². The van der Waals surface area contributed by atoms with Crippen molar-refractivity contribution in [3.05, 3.63) is 237 Å². The van der Waals surface area contributed by atoms with Gasteiger partial charge in [0.25, 0.3) is 0 Å². The van der Waals surface area contributed by atoms with Crippen LogP contribution in [0.25, 0.3) is 0 Å². The van der Waals surface area contributed by atoms with E-state index >= 15 is 0 Å². The summed E-state index contributed by atoms with van der Waals surface area (Å²) < 4.78 is 0. The van der Waals surface area contributed by atoms with Crippen molar-refractivity contribution in [1.29, 1.82) is 0 Å². The molecule has 0 amide bonds. The highest BCUT2D eigenvalue weighted by Crippen LogP contribution is 2.41. The molecule has 10 aliphatic rings. The third kappa shape index (κ3) is 26.1. The number of piperazine rings is 5. The summed E-state index contributed by atoms with van der Waals surface area (Å²) >= 11 is 0. The lowest BCUT2D eigenvalue weighted by molar-refractivity contribution is 0.187. The Hall–Kier alpha value is -10.3. The maximum absolute atomic E-state index is 4.84. The van der Waals surface area contributed by atoms with E-state index in [1.54, 1.807) is 0 Å². The van der Waals surface area contributed by atoms with Crippen LogP contribution < -0.4 is 24.5 Å². The molecule has 10 saturated heterocycles. The Morgan fingerprint density at radius 3 is 0.955 bits per heavy atom. The molecule has 30 heteroatoms. The van der Waals surface area contributed by atoms with Crippen LogP contribution in [0.1, 0.15) is 205 Å². The minimum Gasteiger partial charge on any atom is -0.354 e. The fourth-order valence-corrected chi connectivity index (χ4v) is 20.8. The molecule has 10 fully saturated rings. The fourth-order valence-electron chi connectivity index (χ4n) is 20.8. The zero-order valence-electron chi connectivity index (χ0n) is 81.7. The van der Waals surface area contributed by atoms with E-state index in [4.69, 9.17) is 49.8 Å². The van der Waals surface area contributed by atoms with E-state index in [9.17, 15) is 0 Å². The quantitative estimate of drug-likeness (QED) is 0.0688.